The summed E-state index contributed by atoms with van der Waals surface area (Å²) in [5, 5.41) is 5.27. The van der Waals surface area contributed by atoms with E-state index in [-0.39, 0.29) is 11.9 Å². The van der Waals surface area contributed by atoms with Gasteiger partial charge >= 0.3 is 0 Å². The maximum absolute atomic E-state index is 13.2. The highest BCUT2D eigenvalue weighted by Gasteiger charge is 2.22. The van der Waals surface area contributed by atoms with Crippen molar-refractivity contribution in [2.45, 2.75) is 53.5 Å². The lowest BCUT2D eigenvalue weighted by molar-refractivity contribution is 0.0795. The molecule has 0 unspecified atom stereocenters. The molecule has 3 rings (SSSR count). The summed E-state index contributed by atoms with van der Waals surface area (Å²) in [6.45, 7) is 10.8. The van der Waals surface area contributed by atoms with Crippen molar-refractivity contribution in [1.29, 1.82) is 0 Å². The molecule has 0 fully saturated rings. The summed E-state index contributed by atoms with van der Waals surface area (Å²) in [4.78, 5) is 19.8. The standard InChI is InChI=1S/C21H28N4O2/c1-7-8-9-24(6)21(26)17-11-19(16-10-14(4)27-15(16)5)23-20-18(17)12-22-25(20)13(2)3/h10-13H,7-9H2,1-6H3. The van der Waals surface area contributed by atoms with Gasteiger partial charge in [-0.15, -0.1) is 0 Å². The van der Waals surface area contributed by atoms with Crippen molar-refractivity contribution < 1.29 is 9.21 Å². The van der Waals surface area contributed by atoms with Gasteiger partial charge in [0, 0.05) is 25.2 Å². The molecule has 6 heteroatoms. The van der Waals surface area contributed by atoms with E-state index in [0.717, 1.165) is 53.2 Å². The van der Waals surface area contributed by atoms with Crippen LogP contribution in [0.2, 0.25) is 0 Å². The number of hydrogen-bond acceptors (Lipinski definition) is 4. The Hall–Kier alpha value is -2.63. The first-order valence-corrected chi connectivity index (χ1v) is 9.54. The van der Waals surface area contributed by atoms with Crippen LogP contribution in [0.4, 0.5) is 0 Å². The number of aryl methyl sites for hydroxylation is 2. The van der Waals surface area contributed by atoms with Gasteiger partial charge in [0.2, 0.25) is 0 Å². The Bertz CT molecular complexity index is 968. The maximum Gasteiger partial charge on any atom is 0.254 e. The molecule has 6 nitrogen and oxygen atoms in total. The van der Waals surface area contributed by atoms with Crippen LogP contribution in [0.5, 0.6) is 0 Å². The van der Waals surface area contributed by atoms with E-state index in [9.17, 15) is 4.79 Å². The second-order valence-electron chi connectivity index (χ2n) is 7.38. The van der Waals surface area contributed by atoms with Crippen molar-refractivity contribution in [2.24, 2.45) is 0 Å². The SMILES string of the molecule is CCCCN(C)C(=O)c1cc(-c2cc(C)oc2C)nc2c1cnn2C(C)C. The highest BCUT2D eigenvalue weighted by atomic mass is 16.3. The first kappa shape index (κ1) is 19.1. The normalized spacial score (nSPS) is 11.5. The number of amides is 1. The van der Waals surface area contributed by atoms with Crippen molar-refractivity contribution in [1.82, 2.24) is 19.7 Å². The van der Waals surface area contributed by atoms with Gasteiger partial charge in [-0.25, -0.2) is 9.67 Å². The third kappa shape index (κ3) is 3.61. The number of pyridine rings is 1. The van der Waals surface area contributed by atoms with E-state index in [1.54, 1.807) is 11.1 Å². The van der Waals surface area contributed by atoms with E-state index >= 15 is 0 Å². The quantitative estimate of drug-likeness (QED) is 0.629. The molecular formula is C21H28N4O2. The van der Waals surface area contributed by atoms with Crippen molar-refractivity contribution in [3.63, 3.8) is 0 Å². The summed E-state index contributed by atoms with van der Waals surface area (Å²) in [5.41, 5.74) is 3.02. The molecule has 0 saturated heterocycles. The smallest absolute Gasteiger partial charge is 0.254 e. The van der Waals surface area contributed by atoms with Crippen LogP contribution in [-0.4, -0.2) is 39.2 Å². The van der Waals surface area contributed by atoms with Crippen molar-refractivity contribution in [2.75, 3.05) is 13.6 Å². The van der Waals surface area contributed by atoms with Crippen LogP contribution in [0.15, 0.2) is 22.7 Å². The highest BCUT2D eigenvalue weighted by molar-refractivity contribution is 6.06. The third-order valence-electron chi connectivity index (χ3n) is 4.80. The molecule has 0 N–H and O–H groups in total. The number of aromatic nitrogens is 3. The second kappa shape index (κ2) is 7.55. The number of rotatable bonds is 6. The molecule has 3 heterocycles. The first-order valence-electron chi connectivity index (χ1n) is 9.54. The predicted octanol–water partition coefficient (Wildman–Crippen LogP) is 4.76. The van der Waals surface area contributed by atoms with Crippen LogP contribution in [0.25, 0.3) is 22.3 Å². The fourth-order valence-electron chi connectivity index (χ4n) is 3.30. The van der Waals surface area contributed by atoms with Gasteiger partial charge in [-0.05, 0) is 46.2 Å². The van der Waals surface area contributed by atoms with Gasteiger partial charge in [0.05, 0.1) is 22.8 Å². The predicted molar refractivity (Wildman–Crippen MR) is 107 cm³/mol. The molecule has 0 aliphatic heterocycles. The number of furan rings is 1. The minimum Gasteiger partial charge on any atom is -0.466 e. The molecule has 0 aromatic carbocycles. The number of fused-ring (bicyclic) bond motifs is 1. The lowest BCUT2D eigenvalue weighted by atomic mass is 10.1. The van der Waals surface area contributed by atoms with Gasteiger partial charge in [0.25, 0.3) is 5.91 Å². The minimum absolute atomic E-state index is 0.00160. The van der Waals surface area contributed by atoms with Crippen LogP contribution in [0.3, 0.4) is 0 Å². The van der Waals surface area contributed by atoms with Crippen LogP contribution in [-0.2, 0) is 0 Å². The summed E-state index contributed by atoms with van der Waals surface area (Å²) >= 11 is 0. The van der Waals surface area contributed by atoms with Crippen molar-refractivity contribution >= 4 is 16.9 Å². The fraction of sp³-hybridized carbons (Fsp3) is 0.476. The number of unbranched alkanes of at least 4 members (excludes halogenated alkanes) is 1. The van der Waals surface area contributed by atoms with Gasteiger partial charge < -0.3 is 9.32 Å². The monoisotopic (exact) mass is 368 g/mol. The van der Waals surface area contributed by atoms with Crippen LogP contribution in [0.1, 0.15) is 61.5 Å². The van der Waals surface area contributed by atoms with Gasteiger partial charge in [-0.1, -0.05) is 13.3 Å². The summed E-state index contributed by atoms with van der Waals surface area (Å²) in [6, 6.07) is 3.99. The van der Waals surface area contributed by atoms with E-state index in [2.05, 4.69) is 25.9 Å². The fourth-order valence-corrected chi connectivity index (χ4v) is 3.30. The summed E-state index contributed by atoms with van der Waals surface area (Å²) in [7, 11) is 1.85. The molecule has 0 aliphatic rings. The zero-order chi connectivity index (χ0) is 19.7. The zero-order valence-corrected chi connectivity index (χ0v) is 17.0. The molecule has 27 heavy (non-hydrogen) atoms. The zero-order valence-electron chi connectivity index (χ0n) is 17.0. The van der Waals surface area contributed by atoms with Crippen LogP contribution >= 0.6 is 0 Å². The molecular weight excluding hydrogens is 340 g/mol. The summed E-state index contributed by atoms with van der Waals surface area (Å²) < 4.78 is 7.55. The Labute approximate surface area is 160 Å². The van der Waals surface area contributed by atoms with E-state index in [4.69, 9.17) is 9.40 Å². The minimum atomic E-state index is -0.00160. The number of carbonyl (C=O) groups is 1. The Kier molecular flexibility index (Phi) is 5.35. The Balaban J connectivity index is 2.19. The Morgan fingerprint density at radius 3 is 2.63 bits per heavy atom. The average Bonchev–Trinajstić information content (AvgIpc) is 3.20. The number of nitrogens with zero attached hydrogens (tertiary/aromatic N) is 4. The molecule has 3 aromatic rings. The van der Waals surface area contributed by atoms with Gasteiger partial charge in [0.1, 0.15) is 11.5 Å². The van der Waals surface area contributed by atoms with E-state index in [1.807, 2.05) is 37.7 Å². The summed E-state index contributed by atoms with van der Waals surface area (Å²) in [5.74, 6) is 1.63. The third-order valence-corrected chi connectivity index (χ3v) is 4.80. The number of carbonyl (C=O) groups excluding carboxylic acids is 1. The van der Waals surface area contributed by atoms with Crippen LogP contribution < -0.4 is 0 Å². The van der Waals surface area contributed by atoms with Crippen LogP contribution in [0, 0.1) is 13.8 Å². The molecule has 0 aliphatic carbocycles. The highest BCUT2D eigenvalue weighted by Crippen LogP contribution is 2.30. The lowest BCUT2D eigenvalue weighted by Crippen LogP contribution is -2.28. The topological polar surface area (TPSA) is 64.2 Å². The molecule has 1 amide bonds. The van der Waals surface area contributed by atoms with Gasteiger partial charge in [-0.2, -0.15) is 5.10 Å². The molecule has 0 spiro atoms. The molecule has 0 saturated carbocycles. The van der Waals surface area contributed by atoms with Crippen molar-refractivity contribution in [3.8, 4) is 11.3 Å². The first-order chi connectivity index (χ1) is 12.8. The maximum atomic E-state index is 13.2. The summed E-state index contributed by atoms with van der Waals surface area (Å²) in [6.07, 6.45) is 3.78. The molecule has 0 bridgehead atoms. The lowest BCUT2D eigenvalue weighted by Gasteiger charge is -2.18. The Morgan fingerprint density at radius 1 is 1.30 bits per heavy atom. The molecule has 3 aromatic heterocycles. The van der Waals surface area contributed by atoms with E-state index in [1.165, 1.54) is 0 Å². The Morgan fingerprint density at radius 2 is 2.04 bits per heavy atom. The average molecular weight is 368 g/mol. The molecule has 144 valence electrons. The van der Waals surface area contributed by atoms with Gasteiger partial charge in [-0.3, -0.25) is 4.79 Å². The second-order valence-corrected chi connectivity index (χ2v) is 7.38. The van der Waals surface area contributed by atoms with Gasteiger partial charge in [0.15, 0.2) is 5.65 Å². The molecule has 0 atom stereocenters. The van der Waals surface area contributed by atoms with E-state index in [0.29, 0.717) is 5.56 Å². The molecule has 0 radical (unpaired) electrons. The number of hydrogen-bond donors (Lipinski definition) is 0. The van der Waals surface area contributed by atoms with Crippen molar-refractivity contribution in [3.05, 3.63) is 35.4 Å². The van der Waals surface area contributed by atoms with E-state index < -0.39 is 0 Å². The largest absolute Gasteiger partial charge is 0.466 e.